The van der Waals surface area contributed by atoms with Crippen molar-refractivity contribution in [3.63, 3.8) is 0 Å². The third-order valence-electron chi connectivity index (χ3n) is 7.16. The van der Waals surface area contributed by atoms with Gasteiger partial charge in [-0.05, 0) is 68.7 Å². The van der Waals surface area contributed by atoms with Crippen molar-refractivity contribution >= 4 is 40.9 Å². The number of aromatic nitrogens is 3. The van der Waals surface area contributed by atoms with Gasteiger partial charge in [0, 0.05) is 47.9 Å². The minimum atomic E-state index is 0. The van der Waals surface area contributed by atoms with Crippen LogP contribution in [0.3, 0.4) is 0 Å². The van der Waals surface area contributed by atoms with Crippen LogP contribution in [0.4, 0.5) is 11.6 Å². The summed E-state index contributed by atoms with van der Waals surface area (Å²) >= 11 is 0. The lowest BCUT2D eigenvalue weighted by Crippen LogP contribution is -2.27. The third kappa shape index (κ3) is 4.46. The molecule has 1 saturated carbocycles. The molecule has 1 aromatic carbocycles. The number of pyridine rings is 1. The normalized spacial score (nSPS) is 19.9. The first-order valence-electron chi connectivity index (χ1n) is 12.3. The minimum absolute atomic E-state index is 0. The average molecular weight is 479 g/mol. The number of hydrogen-bond acceptors (Lipinski definition) is 6. The van der Waals surface area contributed by atoms with Crippen LogP contribution in [-0.2, 0) is 17.6 Å². The summed E-state index contributed by atoms with van der Waals surface area (Å²) in [6, 6.07) is 8.52. The number of halogens is 1. The van der Waals surface area contributed by atoms with Crippen LogP contribution in [0.25, 0.3) is 22.2 Å². The number of anilines is 2. The lowest BCUT2D eigenvalue weighted by Gasteiger charge is -2.25. The maximum absolute atomic E-state index is 12.2. The van der Waals surface area contributed by atoms with Gasteiger partial charge in [-0.25, -0.2) is 9.97 Å². The Morgan fingerprint density at radius 2 is 1.91 bits per heavy atom. The number of hydrogen-bond donors (Lipinski definition) is 2. The molecule has 1 atom stereocenters. The molecule has 1 amide bonds. The number of amides is 1. The van der Waals surface area contributed by atoms with E-state index in [0.717, 1.165) is 62.0 Å². The number of carbonyl (C=O) groups excluding carboxylic acids is 1. The van der Waals surface area contributed by atoms with Crippen LogP contribution >= 0.6 is 12.4 Å². The van der Waals surface area contributed by atoms with Gasteiger partial charge in [-0.15, -0.1) is 12.4 Å². The van der Waals surface area contributed by atoms with Crippen LogP contribution in [0, 0.1) is 5.92 Å². The first-order chi connectivity index (χ1) is 16.2. The fraction of sp³-hybridized carbons (Fsp3) is 0.462. The van der Waals surface area contributed by atoms with E-state index in [1.54, 1.807) is 6.20 Å². The first kappa shape index (κ1) is 23.0. The highest BCUT2D eigenvalue weighted by Crippen LogP contribution is 2.38. The van der Waals surface area contributed by atoms with Gasteiger partial charge in [0.1, 0.15) is 0 Å². The van der Waals surface area contributed by atoms with E-state index in [9.17, 15) is 4.79 Å². The van der Waals surface area contributed by atoms with Crippen LogP contribution < -0.4 is 16.0 Å². The number of nitrogens with two attached hydrogens (primary N) is 1. The van der Waals surface area contributed by atoms with Crippen LogP contribution in [0.2, 0.25) is 0 Å². The van der Waals surface area contributed by atoms with Gasteiger partial charge in [-0.3, -0.25) is 15.1 Å². The molecule has 2 aliphatic carbocycles. The molecule has 3 N–H and O–H groups in total. The molecule has 6 rings (SSSR count). The molecule has 2 fully saturated rings. The van der Waals surface area contributed by atoms with Crippen molar-refractivity contribution in [3.8, 4) is 11.3 Å². The summed E-state index contributed by atoms with van der Waals surface area (Å²) in [5, 5.41) is 4.04. The van der Waals surface area contributed by atoms with Gasteiger partial charge in [0.2, 0.25) is 11.9 Å². The molecule has 0 radical (unpaired) electrons. The van der Waals surface area contributed by atoms with Gasteiger partial charge in [-0.2, -0.15) is 0 Å². The zero-order chi connectivity index (χ0) is 22.4. The highest BCUT2D eigenvalue weighted by molar-refractivity contribution is 5.97. The zero-order valence-electron chi connectivity index (χ0n) is 19.3. The molecule has 3 heterocycles. The van der Waals surface area contributed by atoms with Crippen molar-refractivity contribution in [3.05, 3.63) is 41.7 Å². The van der Waals surface area contributed by atoms with Gasteiger partial charge in [0.25, 0.3) is 0 Å². The van der Waals surface area contributed by atoms with E-state index in [2.05, 4.69) is 38.4 Å². The Hall–Kier alpha value is -2.77. The molecule has 7 nitrogen and oxygen atoms in total. The number of nitrogens with zero attached hydrogens (tertiary/aromatic N) is 4. The SMILES string of the molecule is Cl.NC1CCN(c2c3c(nc4ccc(-c5ccnc(NC(=O)C6CC6)n5)cc24)CCCCC3)C1. The molecule has 1 aliphatic heterocycles. The summed E-state index contributed by atoms with van der Waals surface area (Å²) in [5.41, 5.74) is 13.1. The van der Waals surface area contributed by atoms with Gasteiger partial charge in [0.15, 0.2) is 0 Å². The van der Waals surface area contributed by atoms with Gasteiger partial charge in [0.05, 0.1) is 16.9 Å². The molecular formula is C26H31ClN6O. The summed E-state index contributed by atoms with van der Waals surface area (Å²) in [6.45, 7) is 1.88. The molecule has 2 aromatic heterocycles. The van der Waals surface area contributed by atoms with Gasteiger partial charge >= 0.3 is 0 Å². The monoisotopic (exact) mass is 478 g/mol. The Bertz CT molecular complexity index is 1230. The predicted molar refractivity (Wildman–Crippen MR) is 137 cm³/mol. The van der Waals surface area contributed by atoms with Crippen molar-refractivity contribution in [2.75, 3.05) is 23.3 Å². The Kier molecular flexibility index (Phi) is 6.40. The fourth-order valence-corrected chi connectivity index (χ4v) is 5.22. The lowest BCUT2D eigenvalue weighted by molar-refractivity contribution is -0.117. The number of benzene rings is 1. The summed E-state index contributed by atoms with van der Waals surface area (Å²) in [4.78, 5) is 28.6. The van der Waals surface area contributed by atoms with E-state index in [-0.39, 0.29) is 30.3 Å². The Morgan fingerprint density at radius 1 is 1.06 bits per heavy atom. The van der Waals surface area contributed by atoms with Crippen LogP contribution in [0.15, 0.2) is 30.5 Å². The standard InChI is InChI=1S/C26H30N6O.ClH/c27-18-11-13-32(15-18)24-19-4-2-1-3-5-22(19)29-23-9-8-17(14-20(23)24)21-10-12-28-26(30-21)31-25(33)16-6-7-16;/h8-10,12,14,16,18H,1-7,11,13,15,27H2,(H,28,30,31,33);1H. The van der Waals surface area contributed by atoms with Crippen molar-refractivity contribution in [1.82, 2.24) is 15.0 Å². The summed E-state index contributed by atoms with van der Waals surface area (Å²) < 4.78 is 0. The molecule has 3 aliphatic rings. The average Bonchev–Trinajstić information content (AvgIpc) is 3.62. The molecule has 3 aromatic rings. The predicted octanol–water partition coefficient (Wildman–Crippen LogP) is 4.27. The molecule has 0 bridgehead atoms. The second kappa shape index (κ2) is 9.47. The lowest BCUT2D eigenvalue weighted by atomic mass is 9.99. The Balaban J connectivity index is 0.00000241. The highest BCUT2D eigenvalue weighted by atomic mass is 35.5. The molecule has 1 unspecified atom stereocenters. The summed E-state index contributed by atoms with van der Waals surface area (Å²) in [5.74, 6) is 0.508. The van der Waals surface area contributed by atoms with Gasteiger partial charge in [-0.1, -0.05) is 12.5 Å². The molecular weight excluding hydrogens is 448 g/mol. The van der Waals surface area contributed by atoms with E-state index in [1.807, 2.05) is 6.07 Å². The topological polar surface area (TPSA) is 97.0 Å². The van der Waals surface area contributed by atoms with Crippen LogP contribution in [0.5, 0.6) is 0 Å². The Morgan fingerprint density at radius 3 is 2.71 bits per heavy atom. The van der Waals surface area contributed by atoms with Gasteiger partial charge < -0.3 is 10.6 Å². The highest BCUT2D eigenvalue weighted by Gasteiger charge is 2.30. The summed E-state index contributed by atoms with van der Waals surface area (Å²) in [7, 11) is 0. The van der Waals surface area contributed by atoms with E-state index in [1.165, 1.54) is 41.6 Å². The van der Waals surface area contributed by atoms with Crippen molar-refractivity contribution < 1.29 is 4.79 Å². The molecule has 8 heteroatoms. The zero-order valence-corrected chi connectivity index (χ0v) is 20.1. The minimum Gasteiger partial charge on any atom is -0.369 e. The molecule has 0 spiro atoms. The first-order valence-corrected chi connectivity index (χ1v) is 12.3. The number of aryl methyl sites for hydroxylation is 1. The van der Waals surface area contributed by atoms with Crippen molar-refractivity contribution in [1.29, 1.82) is 0 Å². The number of carbonyl (C=O) groups is 1. The van der Waals surface area contributed by atoms with E-state index in [0.29, 0.717) is 5.95 Å². The van der Waals surface area contributed by atoms with Crippen molar-refractivity contribution in [2.24, 2.45) is 11.7 Å². The third-order valence-corrected chi connectivity index (χ3v) is 7.16. The quantitative estimate of drug-likeness (QED) is 0.543. The smallest absolute Gasteiger partial charge is 0.229 e. The fourth-order valence-electron chi connectivity index (χ4n) is 5.22. The maximum atomic E-state index is 12.2. The van der Waals surface area contributed by atoms with Crippen molar-refractivity contribution in [2.45, 2.75) is 57.4 Å². The second-order valence-corrected chi connectivity index (χ2v) is 9.70. The molecule has 1 saturated heterocycles. The van der Waals surface area contributed by atoms with Crippen LogP contribution in [0.1, 0.15) is 49.8 Å². The van der Waals surface area contributed by atoms with E-state index >= 15 is 0 Å². The Labute approximate surface area is 206 Å². The number of rotatable bonds is 4. The van der Waals surface area contributed by atoms with E-state index < -0.39 is 0 Å². The number of fused-ring (bicyclic) bond motifs is 2. The second-order valence-electron chi connectivity index (χ2n) is 9.70. The van der Waals surface area contributed by atoms with E-state index in [4.69, 9.17) is 10.7 Å². The molecule has 34 heavy (non-hydrogen) atoms. The summed E-state index contributed by atoms with van der Waals surface area (Å²) in [6.07, 6.45) is 10.4. The molecule has 178 valence electrons. The van der Waals surface area contributed by atoms with Crippen LogP contribution in [-0.4, -0.2) is 40.0 Å². The maximum Gasteiger partial charge on any atom is 0.229 e. The number of nitrogens with one attached hydrogen (secondary N) is 1. The largest absolute Gasteiger partial charge is 0.369 e.